The maximum absolute atomic E-state index is 5.64. The van der Waals surface area contributed by atoms with Crippen LogP contribution < -0.4 is 4.90 Å². The van der Waals surface area contributed by atoms with Crippen LogP contribution in [0.3, 0.4) is 0 Å². The smallest absolute Gasteiger partial charge is 0.257 e. The Morgan fingerprint density at radius 3 is 2.89 bits per heavy atom. The molecular formula is C11H13N5O2. The van der Waals surface area contributed by atoms with Crippen LogP contribution >= 0.6 is 0 Å². The van der Waals surface area contributed by atoms with E-state index in [2.05, 4.69) is 20.1 Å². The average Bonchev–Trinajstić information content (AvgIpc) is 2.87. The zero-order valence-corrected chi connectivity index (χ0v) is 9.98. The number of nitrogens with zero attached hydrogens (tertiary/aromatic N) is 5. The van der Waals surface area contributed by atoms with Gasteiger partial charge in [0, 0.05) is 18.9 Å². The molecule has 1 atom stereocenters. The minimum atomic E-state index is -0.219. The number of aryl methyl sites for hydroxylation is 1. The summed E-state index contributed by atoms with van der Waals surface area (Å²) in [6, 6.07) is 1.79. The highest BCUT2D eigenvalue weighted by Crippen LogP contribution is 2.22. The molecule has 2 aromatic heterocycles. The summed E-state index contributed by atoms with van der Waals surface area (Å²) in [5, 5.41) is 3.77. The number of morpholine rings is 1. The van der Waals surface area contributed by atoms with E-state index in [-0.39, 0.29) is 6.10 Å². The molecule has 0 unspecified atom stereocenters. The normalized spacial score (nSPS) is 20.1. The van der Waals surface area contributed by atoms with Crippen LogP contribution in [-0.4, -0.2) is 39.8 Å². The Balaban J connectivity index is 1.76. The molecule has 94 valence electrons. The summed E-state index contributed by atoms with van der Waals surface area (Å²) >= 11 is 0. The van der Waals surface area contributed by atoms with Gasteiger partial charge in [0.15, 0.2) is 11.9 Å². The van der Waals surface area contributed by atoms with Gasteiger partial charge in [0.2, 0.25) is 5.95 Å². The van der Waals surface area contributed by atoms with E-state index in [4.69, 9.17) is 9.26 Å². The lowest BCUT2D eigenvalue weighted by Crippen LogP contribution is -2.39. The van der Waals surface area contributed by atoms with Gasteiger partial charge in [-0.1, -0.05) is 5.16 Å². The van der Waals surface area contributed by atoms with E-state index in [1.807, 2.05) is 4.90 Å². The fourth-order valence-electron chi connectivity index (χ4n) is 1.88. The third kappa shape index (κ3) is 2.17. The predicted molar refractivity (Wildman–Crippen MR) is 62.0 cm³/mol. The Bertz CT molecular complexity index is 515. The first-order valence-corrected chi connectivity index (χ1v) is 5.77. The largest absolute Gasteiger partial charge is 0.365 e. The van der Waals surface area contributed by atoms with Gasteiger partial charge in [-0.15, -0.1) is 0 Å². The van der Waals surface area contributed by atoms with E-state index in [0.29, 0.717) is 30.8 Å². The van der Waals surface area contributed by atoms with Crippen LogP contribution in [0, 0.1) is 6.92 Å². The molecule has 7 nitrogen and oxygen atoms in total. The van der Waals surface area contributed by atoms with Crippen molar-refractivity contribution in [2.45, 2.75) is 13.0 Å². The van der Waals surface area contributed by atoms with Gasteiger partial charge in [-0.3, -0.25) is 0 Å². The molecule has 0 N–H and O–H groups in total. The van der Waals surface area contributed by atoms with Gasteiger partial charge in [0.25, 0.3) is 5.89 Å². The maximum Gasteiger partial charge on any atom is 0.257 e. The summed E-state index contributed by atoms with van der Waals surface area (Å²) < 4.78 is 10.8. The fraction of sp³-hybridized carbons (Fsp3) is 0.455. The van der Waals surface area contributed by atoms with E-state index in [9.17, 15) is 0 Å². The van der Waals surface area contributed by atoms with Crippen LogP contribution in [0.4, 0.5) is 5.95 Å². The Kier molecular flexibility index (Phi) is 2.89. The summed E-state index contributed by atoms with van der Waals surface area (Å²) in [6.45, 7) is 3.75. The van der Waals surface area contributed by atoms with E-state index in [0.717, 1.165) is 6.54 Å². The molecule has 7 heteroatoms. The molecule has 0 saturated carbocycles. The second-order valence-electron chi connectivity index (χ2n) is 4.03. The highest BCUT2D eigenvalue weighted by Gasteiger charge is 2.27. The van der Waals surface area contributed by atoms with Crippen LogP contribution in [0.15, 0.2) is 23.0 Å². The number of anilines is 1. The molecule has 0 amide bonds. The zero-order valence-electron chi connectivity index (χ0n) is 9.98. The molecule has 1 aliphatic heterocycles. The first kappa shape index (κ1) is 11.1. The molecule has 3 heterocycles. The van der Waals surface area contributed by atoms with Crippen molar-refractivity contribution < 1.29 is 9.26 Å². The predicted octanol–water partition coefficient (Wildman–Crippen LogP) is 0.746. The molecule has 3 rings (SSSR count). The number of aromatic nitrogens is 4. The van der Waals surface area contributed by atoms with E-state index in [1.54, 1.807) is 25.4 Å². The van der Waals surface area contributed by atoms with Gasteiger partial charge in [-0.05, 0) is 13.0 Å². The van der Waals surface area contributed by atoms with Crippen LogP contribution in [0.2, 0.25) is 0 Å². The molecular weight excluding hydrogens is 234 g/mol. The molecule has 0 aliphatic carbocycles. The molecule has 1 aliphatic rings. The maximum atomic E-state index is 5.64. The monoisotopic (exact) mass is 247 g/mol. The minimum Gasteiger partial charge on any atom is -0.365 e. The second kappa shape index (κ2) is 4.69. The van der Waals surface area contributed by atoms with Gasteiger partial charge in [0.1, 0.15) is 0 Å². The van der Waals surface area contributed by atoms with Crippen molar-refractivity contribution in [3.8, 4) is 0 Å². The minimum absolute atomic E-state index is 0.219. The highest BCUT2D eigenvalue weighted by atomic mass is 16.5. The van der Waals surface area contributed by atoms with Crippen molar-refractivity contribution in [3.05, 3.63) is 30.2 Å². The first-order chi connectivity index (χ1) is 8.83. The van der Waals surface area contributed by atoms with Crippen molar-refractivity contribution in [1.82, 2.24) is 20.1 Å². The lowest BCUT2D eigenvalue weighted by molar-refractivity contribution is 0.0181. The highest BCUT2D eigenvalue weighted by molar-refractivity contribution is 5.29. The van der Waals surface area contributed by atoms with Crippen LogP contribution in [0.1, 0.15) is 17.8 Å². The van der Waals surface area contributed by atoms with Gasteiger partial charge in [-0.2, -0.15) is 4.98 Å². The average molecular weight is 247 g/mol. The Hall–Kier alpha value is -2.02. The summed E-state index contributed by atoms with van der Waals surface area (Å²) in [4.78, 5) is 14.7. The van der Waals surface area contributed by atoms with Gasteiger partial charge >= 0.3 is 0 Å². The summed E-state index contributed by atoms with van der Waals surface area (Å²) in [7, 11) is 0. The van der Waals surface area contributed by atoms with E-state index >= 15 is 0 Å². The zero-order chi connectivity index (χ0) is 12.4. The third-order valence-electron chi connectivity index (χ3n) is 2.72. The molecule has 0 spiro atoms. The van der Waals surface area contributed by atoms with Crippen LogP contribution in [-0.2, 0) is 4.74 Å². The van der Waals surface area contributed by atoms with Crippen molar-refractivity contribution in [2.24, 2.45) is 0 Å². The quantitative estimate of drug-likeness (QED) is 0.774. The molecule has 0 radical (unpaired) electrons. The lowest BCUT2D eigenvalue weighted by Gasteiger charge is -2.30. The van der Waals surface area contributed by atoms with Crippen molar-refractivity contribution in [1.29, 1.82) is 0 Å². The summed E-state index contributed by atoms with van der Waals surface area (Å²) in [5.41, 5.74) is 0. The molecule has 0 aromatic carbocycles. The lowest BCUT2D eigenvalue weighted by atomic mass is 10.3. The van der Waals surface area contributed by atoms with Crippen molar-refractivity contribution in [2.75, 3.05) is 24.6 Å². The number of hydrogen-bond acceptors (Lipinski definition) is 7. The number of ether oxygens (including phenoxy) is 1. The van der Waals surface area contributed by atoms with Crippen molar-refractivity contribution >= 4 is 5.95 Å². The SMILES string of the molecule is Cc1noc([C@H]2CN(c3ncccn3)CCO2)n1. The molecule has 1 saturated heterocycles. The number of hydrogen-bond donors (Lipinski definition) is 0. The molecule has 18 heavy (non-hydrogen) atoms. The molecule has 0 bridgehead atoms. The van der Waals surface area contributed by atoms with Crippen molar-refractivity contribution in [3.63, 3.8) is 0 Å². The Morgan fingerprint density at radius 1 is 1.33 bits per heavy atom. The summed E-state index contributed by atoms with van der Waals surface area (Å²) in [5.74, 6) is 1.82. The Labute approximate surface area is 104 Å². The third-order valence-corrected chi connectivity index (χ3v) is 2.72. The summed E-state index contributed by atoms with van der Waals surface area (Å²) in [6.07, 6.45) is 3.23. The van der Waals surface area contributed by atoms with Crippen LogP contribution in [0.5, 0.6) is 0 Å². The van der Waals surface area contributed by atoms with Gasteiger partial charge in [0.05, 0.1) is 13.2 Å². The molecule has 1 fully saturated rings. The topological polar surface area (TPSA) is 77.2 Å². The molecule has 2 aromatic rings. The number of rotatable bonds is 2. The first-order valence-electron chi connectivity index (χ1n) is 5.77. The fourth-order valence-corrected chi connectivity index (χ4v) is 1.88. The van der Waals surface area contributed by atoms with Gasteiger partial charge < -0.3 is 14.2 Å². The standard InChI is InChI=1S/C11H13N5O2/c1-8-14-10(18-15-8)9-7-16(5-6-17-9)11-12-3-2-4-13-11/h2-4,9H,5-7H2,1H3/t9-/m1/s1. The van der Waals surface area contributed by atoms with E-state index < -0.39 is 0 Å². The Morgan fingerprint density at radius 2 is 2.17 bits per heavy atom. The van der Waals surface area contributed by atoms with E-state index in [1.165, 1.54) is 0 Å². The van der Waals surface area contributed by atoms with Gasteiger partial charge in [-0.25, -0.2) is 9.97 Å². The van der Waals surface area contributed by atoms with Crippen LogP contribution in [0.25, 0.3) is 0 Å². The second-order valence-corrected chi connectivity index (χ2v) is 4.03.